The van der Waals surface area contributed by atoms with E-state index in [1.807, 2.05) is 21.8 Å². The van der Waals surface area contributed by atoms with Crippen LogP contribution in [0.25, 0.3) is 0 Å². The van der Waals surface area contributed by atoms with Crippen LogP contribution >= 0.6 is 0 Å². The number of rotatable bonds is 6. The summed E-state index contributed by atoms with van der Waals surface area (Å²) in [4.78, 5) is 3.88. The van der Waals surface area contributed by atoms with Crippen LogP contribution in [0, 0.1) is 0 Å². The summed E-state index contributed by atoms with van der Waals surface area (Å²) in [6.45, 7) is 0. The van der Waals surface area contributed by atoms with E-state index in [0.717, 1.165) is 18.4 Å². The minimum absolute atomic E-state index is 0.0182. The Kier molecular flexibility index (Phi) is 5.76. The van der Waals surface area contributed by atoms with Gasteiger partial charge in [-0.25, -0.2) is 16.8 Å². The fraction of sp³-hybridized carbons (Fsp3) is 0.333. The van der Waals surface area contributed by atoms with E-state index < -0.39 is 20.0 Å². The van der Waals surface area contributed by atoms with Gasteiger partial charge >= 0.3 is 0 Å². The van der Waals surface area contributed by atoms with Crippen LogP contribution in [0.3, 0.4) is 0 Å². The standard InChI is InChI=1S/C18H22N2O4S2/c21-25(22,17-9-5-2-6-10-17)19-20-26(23,24)18-13-11-16(12-14-18)15-7-3-1-4-8-15/h2,5-6,9-15,19-20H,1,3-4,7-8H2. The maximum atomic E-state index is 12.4. The molecule has 3 rings (SSSR count). The first-order valence-electron chi connectivity index (χ1n) is 8.57. The van der Waals surface area contributed by atoms with E-state index in [1.54, 1.807) is 18.2 Å². The first kappa shape index (κ1) is 19.0. The molecule has 2 N–H and O–H groups in total. The molecule has 8 heteroatoms. The quantitative estimate of drug-likeness (QED) is 0.737. The highest BCUT2D eigenvalue weighted by atomic mass is 32.2. The van der Waals surface area contributed by atoms with E-state index >= 15 is 0 Å². The lowest BCUT2D eigenvalue weighted by molar-refractivity contribution is 0.443. The minimum atomic E-state index is -3.99. The topological polar surface area (TPSA) is 92.3 Å². The van der Waals surface area contributed by atoms with Gasteiger partial charge in [-0.3, -0.25) is 0 Å². The highest BCUT2D eigenvalue weighted by Crippen LogP contribution is 2.32. The Morgan fingerprint density at radius 1 is 0.654 bits per heavy atom. The van der Waals surface area contributed by atoms with Crippen LogP contribution in [0.1, 0.15) is 43.6 Å². The Labute approximate surface area is 154 Å². The summed E-state index contributed by atoms with van der Waals surface area (Å²) in [6.07, 6.45) is 5.91. The summed E-state index contributed by atoms with van der Waals surface area (Å²) in [6, 6.07) is 14.2. The van der Waals surface area contributed by atoms with E-state index in [0.29, 0.717) is 5.92 Å². The molecule has 2 aromatic carbocycles. The van der Waals surface area contributed by atoms with Crippen LogP contribution in [0.4, 0.5) is 0 Å². The van der Waals surface area contributed by atoms with Crippen LogP contribution in [-0.4, -0.2) is 16.8 Å². The molecule has 26 heavy (non-hydrogen) atoms. The fourth-order valence-corrected chi connectivity index (χ4v) is 5.31. The van der Waals surface area contributed by atoms with Gasteiger partial charge in [0, 0.05) is 0 Å². The van der Waals surface area contributed by atoms with E-state index in [9.17, 15) is 16.8 Å². The molecule has 1 aliphatic rings. The van der Waals surface area contributed by atoms with Crippen molar-refractivity contribution in [3.8, 4) is 0 Å². The van der Waals surface area contributed by atoms with Crippen molar-refractivity contribution in [3.63, 3.8) is 0 Å². The molecule has 1 fully saturated rings. The monoisotopic (exact) mass is 394 g/mol. The molecule has 0 aromatic heterocycles. The molecule has 0 heterocycles. The molecule has 1 saturated carbocycles. The lowest BCUT2D eigenvalue weighted by Crippen LogP contribution is -2.41. The average molecular weight is 395 g/mol. The lowest BCUT2D eigenvalue weighted by atomic mass is 9.84. The molecular weight excluding hydrogens is 372 g/mol. The molecule has 0 spiro atoms. The number of hydrogen-bond acceptors (Lipinski definition) is 4. The van der Waals surface area contributed by atoms with Crippen molar-refractivity contribution in [1.29, 1.82) is 0 Å². The molecule has 6 nitrogen and oxygen atoms in total. The third-order valence-corrected chi connectivity index (χ3v) is 7.29. The van der Waals surface area contributed by atoms with Gasteiger partial charge in [-0.15, -0.1) is 9.66 Å². The lowest BCUT2D eigenvalue weighted by Gasteiger charge is -2.22. The van der Waals surface area contributed by atoms with E-state index in [2.05, 4.69) is 0 Å². The Bertz CT molecular complexity index is 934. The molecule has 1 aliphatic carbocycles. The summed E-state index contributed by atoms with van der Waals surface area (Å²) in [5.74, 6) is 0.477. The number of sulfonamides is 2. The van der Waals surface area contributed by atoms with Crippen molar-refractivity contribution in [1.82, 2.24) is 9.66 Å². The van der Waals surface area contributed by atoms with Crippen molar-refractivity contribution in [3.05, 3.63) is 60.2 Å². The van der Waals surface area contributed by atoms with E-state index in [1.165, 1.54) is 43.5 Å². The minimum Gasteiger partial charge on any atom is -0.206 e. The highest BCUT2D eigenvalue weighted by molar-refractivity contribution is 7.92. The molecular formula is C18H22N2O4S2. The second-order valence-corrected chi connectivity index (χ2v) is 9.79. The fourth-order valence-electron chi connectivity index (χ4n) is 3.18. The Hall–Kier alpha value is -1.74. The molecule has 140 valence electrons. The van der Waals surface area contributed by atoms with Crippen molar-refractivity contribution in [2.45, 2.75) is 47.8 Å². The highest BCUT2D eigenvalue weighted by Gasteiger charge is 2.21. The maximum absolute atomic E-state index is 12.4. The number of nitrogens with one attached hydrogen (secondary N) is 2. The van der Waals surface area contributed by atoms with Gasteiger partial charge < -0.3 is 0 Å². The third kappa shape index (κ3) is 4.50. The van der Waals surface area contributed by atoms with Crippen molar-refractivity contribution < 1.29 is 16.8 Å². The zero-order valence-corrected chi connectivity index (χ0v) is 15.9. The molecule has 0 amide bonds. The first-order valence-corrected chi connectivity index (χ1v) is 11.5. The van der Waals surface area contributed by atoms with E-state index in [4.69, 9.17) is 0 Å². The smallest absolute Gasteiger partial charge is 0.206 e. The zero-order chi connectivity index (χ0) is 18.6. The Morgan fingerprint density at radius 3 is 1.69 bits per heavy atom. The maximum Gasteiger partial charge on any atom is 0.254 e. The van der Waals surface area contributed by atoms with Gasteiger partial charge in [-0.1, -0.05) is 49.6 Å². The van der Waals surface area contributed by atoms with Crippen LogP contribution < -0.4 is 9.66 Å². The van der Waals surface area contributed by atoms with Gasteiger partial charge in [0.05, 0.1) is 9.79 Å². The predicted molar refractivity (Wildman–Crippen MR) is 99.4 cm³/mol. The molecule has 0 atom stereocenters. The summed E-state index contributed by atoms with van der Waals surface area (Å²) >= 11 is 0. The summed E-state index contributed by atoms with van der Waals surface area (Å²) in [5.41, 5.74) is 1.13. The Balaban J connectivity index is 1.70. The molecule has 0 unspecified atom stereocenters. The normalized spacial score (nSPS) is 16.5. The number of benzene rings is 2. The first-order chi connectivity index (χ1) is 12.4. The van der Waals surface area contributed by atoms with Gasteiger partial charge in [0.25, 0.3) is 20.0 Å². The number of hydrazine groups is 1. The van der Waals surface area contributed by atoms with Crippen LogP contribution in [0.5, 0.6) is 0 Å². The largest absolute Gasteiger partial charge is 0.254 e. The Morgan fingerprint density at radius 2 is 1.15 bits per heavy atom. The summed E-state index contributed by atoms with van der Waals surface area (Å²) in [7, 11) is -7.96. The number of hydrogen-bond donors (Lipinski definition) is 2. The van der Waals surface area contributed by atoms with Gasteiger partial charge in [0.1, 0.15) is 0 Å². The predicted octanol–water partition coefficient (Wildman–Crippen LogP) is 2.91. The van der Waals surface area contributed by atoms with Crippen molar-refractivity contribution >= 4 is 20.0 Å². The average Bonchev–Trinajstić information content (AvgIpc) is 2.68. The molecule has 2 aromatic rings. The third-order valence-electron chi connectivity index (χ3n) is 4.63. The second kappa shape index (κ2) is 7.87. The zero-order valence-electron chi connectivity index (χ0n) is 14.3. The van der Waals surface area contributed by atoms with Gasteiger partial charge in [-0.2, -0.15) is 0 Å². The van der Waals surface area contributed by atoms with E-state index in [-0.39, 0.29) is 9.79 Å². The molecule has 0 radical (unpaired) electrons. The van der Waals surface area contributed by atoms with Crippen LogP contribution in [0.2, 0.25) is 0 Å². The van der Waals surface area contributed by atoms with Gasteiger partial charge in [0.2, 0.25) is 0 Å². The van der Waals surface area contributed by atoms with Gasteiger partial charge in [-0.05, 0) is 48.6 Å². The van der Waals surface area contributed by atoms with Crippen molar-refractivity contribution in [2.24, 2.45) is 0 Å². The molecule has 0 bridgehead atoms. The SMILES string of the molecule is O=S(=O)(NNS(=O)(=O)c1ccc(C2CCCCC2)cc1)c1ccccc1. The summed E-state index contributed by atoms with van der Waals surface area (Å²) < 4.78 is 49.0. The second-order valence-electron chi connectivity index (χ2n) is 6.43. The molecule has 0 saturated heterocycles. The summed E-state index contributed by atoms with van der Waals surface area (Å²) in [5, 5.41) is 0. The van der Waals surface area contributed by atoms with Crippen molar-refractivity contribution in [2.75, 3.05) is 0 Å². The van der Waals surface area contributed by atoms with Crippen LogP contribution in [-0.2, 0) is 20.0 Å². The molecule has 0 aliphatic heterocycles. The van der Waals surface area contributed by atoms with Gasteiger partial charge in [0.15, 0.2) is 0 Å². The van der Waals surface area contributed by atoms with Crippen LogP contribution in [0.15, 0.2) is 64.4 Å².